The van der Waals surface area contributed by atoms with Gasteiger partial charge >= 0.3 is 12.1 Å². The Kier molecular flexibility index (Phi) is 7.28. The number of carboxylic acids is 1. The summed E-state index contributed by atoms with van der Waals surface area (Å²) in [5.74, 6) is -0.598. The molecule has 0 atom stereocenters. The molecule has 1 heterocycles. The van der Waals surface area contributed by atoms with Gasteiger partial charge in [-0.25, -0.2) is 0 Å². The normalized spacial score (nSPS) is 16.8. The van der Waals surface area contributed by atoms with Crippen molar-refractivity contribution >= 4 is 5.97 Å². The molecule has 1 aliphatic heterocycles. The lowest BCUT2D eigenvalue weighted by atomic mass is 10.0. The first-order chi connectivity index (χ1) is 12.3. The Balaban J connectivity index is 1.79. The molecule has 1 fully saturated rings. The minimum atomic E-state index is -4.34. The number of hydrogen-bond donors (Lipinski definition) is 1. The molecule has 1 aromatic rings. The molecule has 1 aromatic carbocycles. The van der Waals surface area contributed by atoms with Gasteiger partial charge in [0, 0.05) is 12.6 Å². The lowest BCUT2D eigenvalue weighted by Gasteiger charge is -2.37. The van der Waals surface area contributed by atoms with Crippen molar-refractivity contribution < 1.29 is 27.8 Å². The van der Waals surface area contributed by atoms with E-state index in [1.165, 1.54) is 0 Å². The first-order valence-corrected chi connectivity index (χ1v) is 8.73. The molecule has 2 rings (SSSR count). The molecule has 1 aliphatic rings. The lowest BCUT2D eigenvalue weighted by molar-refractivity contribution is -0.153. The van der Waals surface area contributed by atoms with Gasteiger partial charge in [-0.1, -0.05) is 19.1 Å². The van der Waals surface area contributed by atoms with E-state index in [9.17, 15) is 18.0 Å². The van der Waals surface area contributed by atoms with Crippen LogP contribution in [0.15, 0.2) is 24.3 Å². The fourth-order valence-electron chi connectivity index (χ4n) is 3.23. The molecule has 0 aliphatic carbocycles. The summed E-state index contributed by atoms with van der Waals surface area (Å²) in [5.41, 5.74) is 1.01. The van der Waals surface area contributed by atoms with Crippen LogP contribution >= 0.6 is 0 Å². The van der Waals surface area contributed by atoms with E-state index in [-0.39, 0.29) is 18.3 Å². The van der Waals surface area contributed by atoms with E-state index in [1.807, 2.05) is 11.8 Å². The Morgan fingerprint density at radius 2 is 1.88 bits per heavy atom. The van der Waals surface area contributed by atoms with Crippen molar-refractivity contribution in [2.75, 3.05) is 32.8 Å². The number of piperidine rings is 1. The van der Waals surface area contributed by atoms with Crippen LogP contribution in [-0.4, -0.2) is 65.9 Å². The van der Waals surface area contributed by atoms with Gasteiger partial charge in [0.15, 0.2) is 6.61 Å². The number of benzene rings is 1. The summed E-state index contributed by atoms with van der Waals surface area (Å²) in [6.07, 6.45) is -2.52. The number of hydrogen-bond acceptors (Lipinski definition) is 4. The van der Waals surface area contributed by atoms with Crippen molar-refractivity contribution in [3.63, 3.8) is 0 Å². The maximum absolute atomic E-state index is 12.1. The molecule has 0 bridgehead atoms. The highest BCUT2D eigenvalue weighted by Crippen LogP contribution is 2.21. The molecule has 0 amide bonds. The molecule has 0 radical (unpaired) electrons. The van der Waals surface area contributed by atoms with E-state index in [4.69, 9.17) is 9.84 Å². The van der Waals surface area contributed by atoms with Gasteiger partial charge < -0.3 is 9.84 Å². The van der Waals surface area contributed by atoms with Crippen LogP contribution in [0.25, 0.3) is 0 Å². The van der Waals surface area contributed by atoms with E-state index in [2.05, 4.69) is 4.90 Å². The first kappa shape index (κ1) is 20.5. The van der Waals surface area contributed by atoms with Gasteiger partial charge in [0.2, 0.25) is 0 Å². The zero-order valence-electron chi connectivity index (χ0n) is 14.8. The second kappa shape index (κ2) is 9.23. The largest absolute Gasteiger partial charge is 0.484 e. The highest BCUT2D eigenvalue weighted by atomic mass is 19.4. The number of alkyl halides is 3. The van der Waals surface area contributed by atoms with Gasteiger partial charge in [0.25, 0.3) is 0 Å². The molecule has 26 heavy (non-hydrogen) atoms. The van der Waals surface area contributed by atoms with Gasteiger partial charge in [-0.3, -0.25) is 14.6 Å². The third-order valence-electron chi connectivity index (χ3n) is 4.55. The van der Waals surface area contributed by atoms with Crippen LogP contribution in [0.2, 0.25) is 0 Å². The number of likely N-dealkylation sites (N-methyl/N-ethyl adjacent to an activating group) is 1. The average molecular weight is 374 g/mol. The van der Waals surface area contributed by atoms with Crippen LogP contribution in [0.3, 0.4) is 0 Å². The summed E-state index contributed by atoms with van der Waals surface area (Å²) < 4.78 is 41.1. The molecule has 1 N–H and O–H groups in total. The fourth-order valence-corrected chi connectivity index (χ4v) is 3.23. The van der Waals surface area contributed by atoms with Crippen molar-refractivity contribution in [1.82, 2.24) is 9.80 Å². The van der Waals surface area contributed by atoms with E-state index < -0.39 is 18.8 Å². The van der Waals surface area contributed by atoms with Crippen LogP contribution in [0, 0.1) is 0 Å². The minimum absolute atomic E-state index is 0.0700. The van der Waals surface area contributed by atoms with Gasteiger partial charge in [-0.15, -0.1) is 0 Å². The number of halogens is 3. The molecule has 5 nitrogen and oxygen atoms in total. The number of aliphatic carboxylic acids is 1. The van der Waals surface area contributed by atoms with E-state index >= 15 is 0 Å². The Morgan fingerprint density at radius 3 is 2.38 bits per heavy atom. The van der Waals surface area contributed by atoms with Gasteiger partial charge in [0.1, 0.15) is 5.75 Å². The molecule has 0 aromatic heterocycles. The Morgan fingerprint density at radius 1 is 1.27 bits per heavy atom. The predicted octanol–water partition coefficient (Wildman–Crippen LogP) is 3.00. The molecule has 0 unspecified atom stereocenters. The molecular weight excluding hydrogens is 349 g/mol. The Hall–Kier alpha value is -1.80. The van der Waals surface area contributed by atoms with Crippen molar-refractivity contribution in [2.45, 2.75) is 38.5 Å². The van der Waals surface area contributed by atoms with Crippen molar-refractivity contribution in [3.05, 3.63) is 29.8 Å². The Labute approximate surface area is 151 Å². The van der Waals surface area contributed by atoms with Crippen LogP contribution < -0.4 is 4.74 Å². The molecule has 0 spiro atoms. The third-order valence-corrected chi connectivity index (χ3v) is 4.55. The highest BCUT2D eigenvalue weighted by Gasteiger charge is 2.28. The van der Waals surface area contributed by atoms with E-state index in [1.54, 1.807) is 24.3 Å². The van der Waals surface area contributed by atoms with Crippen molar-refractivity contribution in [3.8, 4) is 5.75 Å². The van der Waals surface area contributed by atoms with Gasteiger partial charge in [-0.05, 0) is 50.2 Å². The van der Waals surface area contributed by atoms with Crippen LogP contribution in [0.4, 0.5) is 13.2 Å². The SMILES string of the molecule is CCN(CC(=O)O)C1CCN(Cc2ccc(OCC(F)(F)F)cc2)CC1. The summed E-state index contributed by atoms with van der Waals surface area (Å²) in [5, 5.41) is 8.97. The van der Waals surface area contributed by atoms with E-state index in [0.717, 1.165) is 44.6 Å². The Bertz CT molecular complexity index is 570. The average Bonchev–Trinajstić information content (AvgIpc) is 2.59. The second-order valence-electron chi connectivity index (χ2n) is 6.51. The maximum Gasteiger partial charge on any atom is 0.422 e. The van der Waals surface area contributed by atoms with E-state index in [0.29, 0.717) is 0 Å². The third kappa shape index (κ3) is 6.84. The number of likely N-dealkylation sites (tertiary alicyclic amines) is 1. The van der Waals surface area contributed by atoms with Crippen LogP contribution in [-0.2, 0) is 11.3 Å². The topological polar surface area (TPSA) is 53.0 Å². The second-order valence-corrected chi connectivity index (χ2v) is 6.51. The predicted molar refractivity (Wildman–Crippen MR) is 91.2 cm³/mol. The molecule has 8 heteroatoms. The van der Waals surface area contributed by atoms with Gasteiger partial charge in [-0.2, -0.15) is 13.2 Å². The van der Waals surface area contributed by atoms with Crippen molar-refractivity contribution in [1.29, 1.82) is 0 Å². The summed E-state index contributed by atoms with van der Waals surface area (Å²) in [6, 6.07) is 6.95. The summed E-state index contributed by atoms with van der Waals surface area (Å²) in [7, 11) is 0. The van der Waals surface area contributed by atoms with Crippen LogP contribution in [0.1, 0.15) is 25.3 Å². The van der Waals surface area contributed by atoms with Crippen LogP contribution in [0.5, 0.6) is 5.75 Å². The molecule has 0 saturated carbocycles. The first-order valence-electron chi connectivity index (χ1n) is 8.73. The summed E-state index contributed by atoms with van der Waals surface area (Å²) in [6.45, 7) is 3.93. The zero-order valence-corrected chi connectivity index (χ0v) is 14.8. The van der Waals surface area contributed by atoms with Gasteiger partial charge in [0.05, 0.1) is 6.54 Å². The quantitative estimate of drug-likeness (QED) is 0.758. The molecule has 146 valence electrons. The molecule has 1 saturated heterocycles. The fraction of sp³-hybridized carbons (Fsp3) is 0.611. The summed E-state index contributed by atoms with van der Waals surface area (Å²) >= 11 is 0. The zero-order chi connectivity index (χ0) is 19.2. The number of nitrogens with zero attached hydrogens (tertiary/aromatic N) is 2. The minimum Gasteiger partial charge on any atom is -0.484 e. The monoisotopic (exact) mass is 374 g/mol. The lowest BCUT2D eigenvalue weighted by Crippen LogP contribution is -2.46. The molecular formula is C18H25F3N2O3. The van der Waals surface area contributed by atoms with Crippen molar-refractivity contribution in [2.24, 2.45) is 0 Å². The smallest absolute Gasteiger partial charge is 0.422 e. The number of rotatable bonds is 8. The standard InChI is InChI=1S/C18H25F3N2O3/c1-2-23(12-17(24)25)15-7-9-22(10-8-15)11-14-3-5-16(6-4-14)26-13-18(19,20)21/h3-6,15H,2,7-13H2,1H3,(H,24,25). The number of carboxylic acid groups (broad SMARTS) is 1. The summed E-state index contributed by atoms with van der Waals surface area (Å²) in [4.78, 5) is 15.2. The maximum atomic E-state index is 12.1. The highest BCUT2D eigenvalue weighted by molar-refractivity contribution is 5.69. The number of ether oxygens (including phenoxy) is 1. The number of carbonyl (C=O) groups is 1.